The number of H-pyrrole nitrogens is 2. The Labute approximate surface area is 278 Å². The lowest BCUT2D eigenvalue weighted by Crippen LogP contribution is -2.25. The first-order chi connectivity index (χ1) is 23.7. The minimum absolute atomic E-state index is 0.333. The summed E-state index contributed by atoms with van der Waals surface area (Å²) in [6.07, 6.45) is 8.00. The van der Waals surface area contributed by atoms with Gasteiger partial charge in [0.05, 0.1) is 11.2 Å². The van der Waals surface area contributed by atoms with Crippen LogP contribution in [-0.4, -0.2) is 56.3 Å². The van der Waals surface area contributed by atoms with E-state index in [1.165, 1.54) is 24.5 Å². The maximum atomic E-state index is 14.8. The monoisotopic (exact) mass is 637 g/mol. The average Bonchev–Trinajstić information content (AvgIpc) is 3.88. The maximum Gasteiger partial charge on any atom is 0.138 e. The minimum Gasteiger partial charge on any atom is -0.492 e. The third kappa shape index (κ3) is 6.43. The number of aromatic nitrogens is 5. The van der Waals surface area contributed by atoms with Crippen LogP contribution in [0.1, 0.15) is 24.0 Å². The second kappa shape index (κ2) is 13.4. The third-order valence-electron chi connectivity index (χ3n) is 9.04. The normalized spacial score (nSPS) is 13.5. The van der Waals surface area contributed by atoms with Gasteiger partial charge in [0.2, 0.25) is 0 Å². The molecule has 4 aromatic heterocycles. The number of nitrogens with one attached hydrogen (secondary N) is 3. The van der Waals surface area contributed by atoms with Gasteiger partial charge in [-0.15, -0.1) is 0 Å². The number of nitrogens with zero attached hydrogens (tertiary/aromatic N) is 4. The lowest BCUT2D eigenvalue weighted by Gasteiger charge is -2.15. The molecule has 48 heavy (non-hydrogen) atoms. The molecular weight excluding hydrogens is 601 g/mol. The number of fused-ring (bicyclic) bond motifs is 2. The van der Waals surface area contributed by atoms with E-state index in [0.717, 1.165) is 88.2 Å². The van der Waals surface area contributed by atoms with E-state index in [1.54, 1.807) is 12.3 Å². The van der Waals surface area contributed by atoms with Crippen LogP contribution in [0.5, 0.6) is 5.75 Å². The van der Waals surface area contributed by atoms with Crippen molar-refractivity contribution in [2.45, 2.75) is 25.9 Å². The first-order valence-corrected chi connectivity index (χ1v) is 16.5. The van der Waals surface area contributed by atoms with Gasteiger partial charge in [-0.25, -0.2) is 9.37 Å². The number of aromatic amines is 2. The van der Waals surface area contributed by atoms with Gasteiger partial charge in [-0.3, -0.25) is 15.0 Å². The summed E-state index contributed by atoms with van der Waals surface area (Å²) in [6.45, 7) is 5.10. The average molecular weight is 638 g/mol. The summed E-state index contributed by atoms with van der Waals surface area (Å²) in [7, 11) is 0. The Kier molecular flexibility index (Phi) is 8.36. The van der Waals surface area contributed by atoms with Crippen molar-refractivity contribution in [3.63, 3.8) is 0 Å². The molecule has 5 heterocycles. The smallest absolute Gasteiger partial charge is 0.138 e. The molecule has 1 fully saturated rings. The van der Waals surface area contributed by atoms with Gasteiger partial charge in [0, 0.05) is 60.6 Å². The van der Waals surface area contributed by atoms with E-state index in [9.17, 15) is 4.39 Å². The summed E-state index contributed by atoms with van der Waals surface area (Å²) in [5.41, 5.74) is 9.30. The molecule has 0 aliphatic carbocycles. The zero-order chi connectivity index (χ0) is 32.3. The van der Waals surface area contributed by atoms with E-state index in [4.69, 9.17) is 4.74 Å². The highest BCUT2D eigenvalue weighted by atomic mass is 19.1. The van der Waals surface area contributed by atoms with Gasteiger partial charge in [-0.05, 0) is 96.2 Å². The largest absolute Gasteiger partial charge is 0.492 e. The number of hydrogen-bond acceptors (Lipinski definition) is 6. The highest BCUT2D eigenvalue weighted by Crippen LogP contribution is 2.36. The minimum atomic E-state index is -0.333. The van der Waals surface area contributed by atoms with Gasteiger partial charge in [-0.2, -0.15) is 5.10 Å². The van der Waals surface area contributed by atoms with E-state index < -0.39 is 0 Å². The van der Waals surface area contributed by atoms with Gasteiger partial charge in [0.25, 0.3) is 0 Å². The number of hydrogen-bond donors (Lipinski definition) is 3. The lowest BCUT2D eigenvalue weighted by atomic mass is 10.0. The Balaban J connectivity index is 1.05. The van der Waals surface area contributed by atoms with Crippen molar-refractivity contribution in [2.24, 2.45) is 0 Å². The van der Waals surface area contributed by atoms with Crippen molar-refractivity contribution in [2.75, 3.05) is 26.2 Å². The van der Waals surface area contributed by atoms with E-state index in [-0.39, 0.29) is 5.82 Å². The SMILES string of the molecule is Fc1cc(OCCN2CCCC2)cc(-c2ccnc3[nH]c(-c4n[nH]c5ccc(-c6cncc(CNCc7ccccc7)c6)cc45)cc23)c1. The summed E-state index contributed by atoms with van der Waals surface area (Å²) in [5, 5.41) is 13.2. The number of pyridine rings is 2. The number of ether oxygens (including phenoxy) is 1. The first kappa shape index (κ1) is 30.0. The van der Waals surface area contributed by atoms with Crippen LogP contribution in [0.4, 0.5) is 4.39 Å². The Bertz CT molecular complexity index is 2190. The number of halogens is 1. The second-order valence-corrected chi connectivity index (χ2v) is 12.4. The predicted molar refractivity (Wildman–Crippen MR) is 188 cm³/mol. The molecule has 1 saturated heterocycles. The molecule has 0 spiro atoms. The molecule has 9 heteroatoms. The summed E-state index contributed by atoms with van der Waals surface area (Å²) in [5.74, 6) is 0.196. The van der Waals surface area contributed by atoms with Gasteiger partial charge < -0.3 is 15.0 Å². The highest BCUT2D eigenvalue weighted by Gasteiger charge is 2.17. The first-order valence-electron chi connectivity index (χ1n) is 16.5. The molecule has 0 bridgehead atoms. The molecule has 0 amide bonds. The number of likely N-dealkylation sites (tertiary alicyclic amines) is 1. The van der Waals surface area contributed by atoms with Crippen molar-refractivity contribution in [3.8, 4) is 39.4 Å². The quantitative estimate of drug-likeness (QED) is 0.134. The van der Waals surface area contributed by atoms with Gasteiger partial charge in [-0.1, -0.05) is 36.4 Å². The Hall–Kier alpha value is -5.38. The molecule has 0 atom stereocenters. The van der Waals surface area contributed by atoms with Crippen molar-refractivity contribution >= 4 is 21.9 Å². The molecule has 0 radical (unpaired) electrons. The second-order valence-electron chi connectivity index (χ2n) is 12.4. The van der Waals surface area contributed by atoms with Crippen LogP contribution in [-0.2, 0) is 13.1 Å². The molecule has 3 aromatic carbocycles. The fourth-order valence-electron chi connectivity index (χ4n) is 6.59. The molecule has 1 aliphatic rings. The zero-order valence-corrected chi connectivity index (χ0v) is 26.5. The van der Waals surface area contributed by atoms with Crippen LogP contribution in [0.2, 0.25) is 0 Å². The molecule has 8 nitrogen and oxygen atoms in total. The third-order valence-corrected chi connectivity index (χ3v) is 9.04. The summed E-state index contributed by atoms with van der Waals surface area (Å²) in [6, 6.07) is 27.7. The molecule has 0 unspecified atom stereocenters. The van der Waals surface area contributed by atoms with Gasteiger partial charge in [0.15, 0.2) is 0 Å². The van der Waals surface area contributed by atoms with Crippen LogP contribution < -0.4 is 10.1 Å². The Morgan fingerprint density at radius 2 is 1.69 bits per heavy atom. The molecule has 7 aromatic rings. The molecule has 8 rings (SSSR count). The van der Waals surface area contributed by atoms with E-state index in [2.05, 4.69) is 77.8 Å². The van der Waals surface area contributed by atoms with Crippen LogP contribution in [0.15, 0.2) is 104 Å². The fourth-order valence-corrected chi connectivity index (χ4v) is 6.59. The molecular formula is C39H36FN7O. The van der Waals surface area contributed by atoms with Crippen molar-refractivity contribution in [1.29, 1.82) is 0 Å². The van der Waals surface area contributed by atoms with Crippen LogP contribution in [0, 0.1) is 5.82 Å². The summed E-state index contributed by atoms with van der Waals surface area (Å²) >= 11 is 0. The Morgan fingerprint density at radius 1 is 0.812 bits per heavy atom. The van der Waals surface area contributed by atoms with Crippen molar-refractivity contribution < 1.29 is 9.13 Å². The number of rotatable bonds is 11. The highest BCUT2D eigenvalue weighted by molar-refractivity contribution is 6.00. The van der Waals surface area contributed by atoms with E-state index in [1.807, 2.05) is 42.7 Å². The van der Waals surface area contributed by atoms with Gasteiger partial charge in [0.1, 0.15) is 29.5 Å². The molecule has 3 N–H and O–H groups in total. The molecule has 0 saturated carbocycles. The van der Waals surface area contributed by atoms with E-state index in [0.29, 0.717) is 18.0 Å². The predicted octanol–water partition coefficient (Wildman–Crippen LogP) is 7.74. The van der Waals surface area contributed by atoms with Crippen molar-refractivity contribution in [3.05, 3.63) is 120 Å². The van der Waals surface area contributed by atoms with Crippen LogP contribution >= 0.6 is 0 Å². The fraction of sp³-hybridized carbons (Fsp3) is 0.205. The number of benzene rings is 3. The van der Waals surface area contributed by atoms with Gasteiger partial charge >= 0.3 is 0 Å². The van der Waals surface area contributed by atoms with Crippen molar-refractivity contribution in [1.82, 2.24) is 35.4 Å². The van der Waals surface area contributed by atoms with Crippen LogP contribution in [0.3, 0.4) is 0 Å². The topological polar surface area (TPSA) is 94.8 Å². The summed E-state index contributed by atoms with van der Waals surface area (Å²) < 4.78 is 20.8. The molecule has 240 valence electrons. The standard InChI is InChI=1S/C39H36FN7O/c40-31-17-29(18-32(20-31)48-15-14-47-12-4-5-13-47)33-10-11-43-39-34(33)21-37(44-39)38-35-19-28(8-9-36(35)45-46-38)30-16-27(24-42-25-30)23-41-22-26-6-2-1-3-7-26/h1-3,6-11,16-21,24-25,41H,4-5,12-15,22-23H2,(H,43,44)(H,45,46). The lowest BCUT2D eigenvalue weighted by molar-refractivity contribution is 0.237. The molecule has 1 aliphatic heterocycles. The van der Waals surface area contributed by atoms with Crippen LogP contribution in [0.25, 0.3) is 55.6 Å². The summed E-state index contributed by atoms with van der Waals surface area (Å²) in [4.78, 5) is 15.0. The maximum absolute atomic E-state index is 14.8. The van der Waals surface area contributed by atoms with E-state index >= 15 is 0 Å². The Morgan fingerprint density at radius 3 is 2.58 bits per heavy atom. The zero-order valence-electron chi connectivity index (χ0n) is 26.5.